The first kappa shape index (κ1) is 14.4. The molecular formula is C16H17BrClN. The van der Waals surface area contributed by atoms with Crippen molar-refractivity contribution in [3.63, 3.8) is 0 Å². The van der Waals surface area contributed by atoms with Crippen LogP contribution in [0.2, 0.25) is 0 Å². The highest BCUT2D eigenvalue weighted by Gasteiger charge is 2.08. The molecule has 0 heterocycles. The van der Waals surface area contributed by atoms with Crippen LogP contribution in [0.5, 0.6) is 0 Å². The molecule has 0 bridgehead atoms. The number of aryl methyl sites for hydroxylation is 1. The molecule has 0 aromatic heterocycles. The Bertz CT molecular complexity index is 568. The van der Waals surface area contributed by atoms with E-state index in [-0.39, 0.29) is 0 Å². The Morgan fingerprint density at radius 3 is 2.63 bits per heavy atom. The highest BCUT2D eigenvalue weighted by atomic mass is 79.9. The van der Waals surface area contributed by atoms with E-state index in [2.05, 4.69) is 77.3 Å². The molecule has 2 rings (SSSR count). The number of hydrogen-bond acceptors (Lipinski definition) is 1. The van der Waals surface area contributed by atoms with Gasteiger partial charge in [-0.05, 0) is 36.2 Å². The van der Waals surface area contributed by atoms with Crippen molar-refractivity contribution in [3.05, 3.63) is 63.6 Å². The summed E-state index contributed by atoms with van der Waals surface area (Å²) in [6.07, 6.45) is 0. The summed E-state index contributed by atoms with van der Waals surface area (Å²) in [4.78, 5) is 2.24. The van der Waals surface area contributed by atoms with Crippen molar-refractivity contribution in [2.24, 2.45) is 0 Å². The summed E-state index contributed by atoms with van der Waals surface area (Å²) in [6, 6.07) is 14.8. The third-order valence-electron chi connectivity index (χ3n) is 3.10. The highest BCUT2D eigenvalue weighted by molar-refractivity contribution is 9.10. The van der Waals surface area contributed by atoms with Gasteiger partial charge in [0.25, 0.3) is 0 Å². The van der Waals surface area contributed by atoms with Crippen molar-refractivity contribution in [1.29, 1.82) is 0 Å². The summed E-state index contributed by atoms with van der Waals surface area (Å²) in [5.74, 6) is 0.521. The number of benzene rings is 2. The average molecular weight is 339 g/mol. The predicted molar refractivity (Wildman–Crippen MR) is 87.0 cm³/mol. The number of anilines is 1. The van der Waals surface area contributed by atoms with Gasteiger partial charge in [0, 0.05) is 29.6 Å². The van der Waals surface area contributed by atoms with Crippen molar-refractivity contribution < 1.29 is 0 Å². The number of alkyl halides is 1. The summed E-state index contributed by atoms with van der Waals surface area (Å²) < 4.78 is 1.07. The molecule has 0 atom stereocenters. The second-order valence-electron chi connectivity index (χ2n) is 4.75. The van der Waals surface area contributed by atoms with Crippen LogP contribution in [0.25, 0.3) is 0 Å². The molecule has 0 saturated carbocycles. The fourth-order valence-corrected chi connectivity index (χ4v) is 2.83. The largest absolute Gasteiger partial charge is 0.370 e. The number of nitrogens with zero attached hydrogens (tertiary/aromatic N) is 1. The van der Waals surface area contributed by atoms with Crippen LogP contribution in [-0.2, 0) is 12.4 Å². The van der Waals surface area contributed by atoms with E-state index in [0.29, 0.717) is 5.88 Å². The van der Waals surface area contributed by atoms with Crippen LogP contribution >= 0.6 is 27.5 Å². The van der Waals surface area contributed by atoms with Gasteiger partial charge in [-0.25, -0.2) is 0 Å². The van der Waals surface area contributed by atoms with Gasteiger partial charge < -0.3 is 4.90 Å². The van der Waals surface area contributed by atoms with E-state index in [1.54, 1.807) is 0 Å². The quantitative estimate of drug-likeness (QED) is 0.698. The van der Waals surface area contributed by atoms with Crippen LogP contribution < -0.4 is 4.90 Å². The molecular weight excluding hydrogens is 322 g/mol. The normalized spacial score (nSPS) is 10.5. The van der Waals surface area contributed by atoms with Crippen LogP contribution in [0.4, 0.5) is 5.69 Å². The molecule has 0 spiro atoms. The molecule has 0 radical (unpaired) electrons. The zero-order valence-corrected chi connectivity index (χ0v) is 13.5. The molecule has 100 valence electrons. The summed E-state index contributed by atoms with van der Waals surface area (Å²) in [5.41, 5.74) is 4.93. The van der Waals surface area contributed by atoms with Gasteiger partial charge in [0.05, 0.1) is 0 Å². The maximum atomic E-state index is 6.03. The first-order valence-electron chi connectivity index (χ1n) is 6.21. The Balaban J connectivity index is 2.22. The van der Waals surface area contributed by atoms with E-state index in [9.17, 15) is 0 Å². The minimum atomic E-state index is 0.521. The first-order valence-corrected chi connectivity index (χ1v) is 7.54. The maximum Gasteiger partial charge on any atom is 0.0494 e. The zero-order chi connectivity index (χ0) is 13.8. The smallest absolute Gasteiger partial charge is 0.0494 e. The van der Waals surface area contributed by atoms with E-state index >= 15 is 0 Å². The molecule has 0 fully saturated rings. The number of hydrogen-bond donors (Lipinski definition) is 0. The average Bonchev–Trinajstić information content (AvgIpc) is 2.38. The topological polar surface area (TPSA) is 3.24 Å². The molecule has 0 unspecified atom stereocenters. The zero-order valence-electron chi connectivity index (χ0n) is 11.2. The second-order valence-corrected chi connectivity index (χ2v) is 5.93. The predicted octanol–water partition coefficient (Wildman–Crippen LogP) is 5.13. The molecule has 1 nitrogen and oxygen atoms in total. The summed E-state index contributed by atoms with van der Waals surface area (Å²) in [5, 5.41) is 0. The van der Waals surface area contributed by atoms with E-state index in [1.165, 1.54) is 16.8 Å². The molecule has 2 aromatic rings. The van der Waals surface area contributed by atoms with Gasteiger partial charge in [0.15, 0.2) is 0 Å². The van der Waals surface area contributed by atoms with Crippen molar-refractivity contribution in [2.75, 3.05) is 11.9 Å². The van der Waals surface area contributed by atoms with Gasteiger partial charge in [-0.1, -0.05) is 45.8 Å². The van der Waals surface area contributed by atoms with E-state index in [0.717, 1.165) is 16.6 Å². The Morgan fingerprint density at radius 1 is 1.16 bits per heavy atom. The Morgan fingerprint density at radius 2 is 1.95 bits per heavy atom. The van der Waals surface area contributed by atoms with Crippen molar-refractivity contribution in [3.8, 4) is 0 Å². The molecule has 0 aliphatic carbocycles. The van der Waals surface area contributed by atoms with Gasteiger partial charge in [-0.15, -0.1) is 11.6 Å². The Labute approximate surface area is 128 Å². The highest BCUT2D eigenvalue weighted by Crippen LogP contribution is 2.26. The fraction of sp³-hybridized carbons (Fsp3) is 0.250. The van der Waals surface area contributed by atoms with E-state index in [1.807, 2.05) is 0 Å². The van der Waals surface area contributed by atoms with E-state index in [4.69, 9.17) is 11.6 Å². The fourth-order valence-electron chi connectivity index (χ4n) is 2.20. The Kier molecular flexibility index (Phi) is 4.89. The number of rotatable bonds is 4. The molecule has 3 heteroatoms. The van der Waals surface area contributed by atoms with Gasteiger partial charge >= 0.3 is 0 Å². The molecule has 0 aliphatic rings. The summed E-state index contributed by atoms with van der Waals surface area (Å²) in [6.45, 7) is 3.00. The SMILES string of the molecule is Cc1cccc(CN(C)c2ccc(Br)cc2CCl)c1. The monoisotopic (exact) mass is 337 g/mol. The van der Waals surface area contributed by atoms with Crippen LogP contribution in [-0.4, -0.2) is 7.05 Å². The minimum absolute atomic E-state index is 0.521. The molecule has 0 saturated heterocycles. The second kappa shape index (κ2) is 6.44. The lowest BCUT2D eigenvalue weighted by Crippen LogP contribution is -2.17. The van der Waals surface area contributed by atoms with Gasteiger partial charge in [0.1, 0.15) is 0 Å². The van der Waals surface area contributed by atoms with Crippen LogP contribution in [0.15, 0.2) is 46.9 Å². The molecule has 2 aromatic carbocycles. The third kappa shape index (κ3) is 3.74. The van der Waals surface area contributed by atoms with Crippen LogP contribution in [0, 0.1) is 6.92 Å². The van der Waals surface area contributed by atoms with Crippen molar-refractivity contribution in [1.82, 2.24) is 0 Å². The Hall–Kier alpha value is -0.990. The molecule has 0 amide bonds. The lowest BCUT2D eigenvalue weighted by atomic mass is 10.1. The van der Waals surface area contributed by atoms with Crippen LogP contribution in [0.1, 0.15) is 16.7 Å². The lowest BCUT2D eigenvalue weighted by Gasteiger charge is -2.22. The summed E-state index contributed by atoms with van der Waals surface area (Å²) >= 11 is 9.51. The van der Waals surface area contributed by atoms with Crippen molar-refractivity contribution >= 4 is 33.2 Å². The standard InChI is InChI=1S/C16H17BrClN/c1-12-4-3-5-13(8-12)11-19(2)16-7-6-15(17)9-14(16)10-18/h3-9H,10-11H2,1-2H3. The van der Waals surface area contributed by atoms with Crippen molar-refractivity contribution in [2.45, 2.75) is 19.3 Å². The number of halogens is 2. The minimum Gasteiger partial charge on any atom is -0.370 e. The molecule has 0 aliphatic heterocycles. The van der Waals surface area contributed by atoms with Crippen LogP contribution in [0.3, 0.4) is 0 Å². The molecule has 19 heavy (non-hydrogen) atoms. The van der Waals surface area contributed by atoms with Gasteiger partial charge in [0.2, 0.25) is 0 Å². The first-order chi connectivity index (χ1) is 9.10. The van der Waals surface area contributed by atoms with Gasteiger partial charge in [-0.2, -0.15) is 0 Å². The maximum absolute atomic E-state index is 6.03. The van der Waals surface area contributed by atoms with Gasteiger partial charge in [-0.3, -0.25) is 0 Å². The van der Waals surface area contributed by atoms with E-state index < -0.39 is 0 Å². The molecule has 0 N–H and O–H groups in total. The summed E-state index contributed by atoms with van der Waals surface area (Å²) in [7, 11) is 2.10. The lowest BCUT2D eigenvalue weighted by molar-refractivity contribution is 0.914. The third-order valence-corrected chi connectivity index (χ3v) is 3.88.